The second-order valence-corrected chi connectivity index (χ2v) is 3.50. The number of aromatic nitrogens is 4. The van der Waals surface area contributed by atoms with Crippen LogP contribution in [0.5, 0.6) is 0 Å². The number of nitrogens with zero attached hydrogens (tertiary/aromatic N) is 3. The Morgan fingerprint density at radius 3 is 2.83 bits per heavy atom. The van der Waals surface area contributed by atoms with E-state index < -0.39 is 18.8 Å². The molecule has 0 bridgehead atoms. The van der Waals surface area contributed by atoms with Crippen molar-refractivity contribution in [2.45, 2.75) is 12.3 Å². The molecule has 2 rings (SSSR count). The van der Waals surface area contributed by atoms with Gasteiger partial charge < -0.3 is 16.2 Å². The minimum atomic E-state index is -4.69. The van der Waals surface area contributed by atoms with Gasteiger partial charge in [0, 0.05) is 0 Å². The summed E-state index contributed by atoms with van der Waals surface area (Å²) in [5, 5.41) is 17.8. The van der Waals surface area contributed by atoms with Crippen LogP contribution in [-0.4, -0.2) is 44.1 Å². The molecule has 0 spiro atoms. The number of hydrogen-bond acceptors (Lipinski definition) is 6. The Bertz CT molecular complexity index is 553. The molecule has 2 aromatic rings. The highest BCUT2D eigenvalue weighted by atomic mass is 19.4. The average molecular weight is 262 g/mol. The van der Waals surface area contributed by atoms with Crippen molar-refractivity contribution in [1.82, 2.24) is 20.2 Å². The third-order valence-electron chi connectivity index (χ3n) is 2.17. The van der Waals surface area contributed by atoms with Crippen LogP contribution in [0.25, 0.3) is 11.0 Å². The van der Waals surface area contributed by atoms with Gasteiger partial charge in [-0.1, -0.05) is 0 Å². The summed E-state index contributed by atoms with van der Waals surface area (Å²) >= 11 is 0. The summed E-state index contributed by atoms with van der Waals surface area (Å²) in [7, 11) is 0. The van der Waals surface area contributed by atoms with E-state index in [-0.39, 0.29) is 11.8 Å². The van der Waals surface area contributed by atoms with Crippen molar-refractivity contribution in [3.8, 4) is 0 Å². The fourth-order valence-electron chi connectivity index (χ4n) is 1.30. The Morgan fingerprint density at radius 1 is 1.44 bits per heavy atom. The van der Waals surface area contributed by atoms with Gasteiger partial charge in [0.15, 0.2) is 11.8 Å². The number of hydrogen-bond donors (Lipinski definition) is 4. The zero-order chi connectivity index (χ0) is 13.3. The summed E-state index contributed by atoms with van der Waals surface area (Å²) in [6.07, 6.45) is -5.84. The number of nitrogen functional groups attached to an aromatic ring is 1. The van der Waals surface area contributed by atoms with Gasteiger partial charge in [-0.3, -0.25) is 5.10 Å². The minimum Gasteiger partial charge on any atom is -0.382 e. The summed E-state index contributed by atoms with van der Waals surface area (Å²) in [4.78, 5) is 7.54. The third kappa shape index (κ3) is 2.42. The molecule has 98 valence electrons. The smallest absolute Gasteiger partial charge is 0.382 e. The van der Waals surface area contributed by atoms with E-state index in [1.807, 2.05) is 0 Å². The van der Waals surface area contributed by atoms with Crippen molar-refractivity contribution in [2.75, 3.05) is 17.6 Å². The van der Waals surface area contributed by atoms with Crippen molar-refractivity contribution >= 4 is 22.8 Å². The van der Waals surface area contributed by atoms with Crippen LogP contribution in [0, 0.1) is 0 Å². The van der Waals surface area contributed by atoms with E-state index in [9.17, 15) is 13.2 Å². The zero-order valence-corrected chi connectivity index (χ0v) is 8.86. The molecule has 0 amide bonds. The highest BCUT2D eigenvalue weighted by molar-refractivity contribution is 5.86. The van der Waals surface area contributed by atoms with E-state index in [0.717, 1.165) is 0 Å². The monoisotopic (exact) mass is 262 g/mol. The second kappa shape index (κ2) is 4.29. The van der Waals surface area contributed by atoms with Crippen molar-refractivity contribution in [1.29, 1.82) is 0 Å². The summed E-state index contributed by atoms with van der Waals surface area (Å²) in [5.41, 5.74) is 5.68. The van der Waals surface area contributed by atoms with E-state index in [2.05, 4.69) is 25.5 Å². The summed E-state index contributed by atoms with van der Waals surface area (Å²) < 4.78 is 36.4. The Balaban J connectivity index is 2.19. The summed E-state index contributed by atoms with van der Waals surface area (Å²) in [5.74, 6) is -0.0368. The van der Waals surface area contributed by atoms with Crippen LogP contribution in [0.1, 0.15) is 0 Å². The normalized spacial score (nSPS) is 13.8. The SMILES string of the molecule is Nc1nc(NCC(O)C(F)(F)F)c2cn[nH]c2n1. The Labute approximate surface area is 98.2 Å². The van der Waals surface area contributed by atoms with Gasteiger partial charge in [0.05, 0.1) is 18.1 Å². The van der Waals surface area contributed by atoms with Gasteiger partial charge in [-0.25, -0.2) is 0 Å². The molecule has 1 unspecified atom stereocenters. The van der Waals surface area contributed by atoms with Gasteiger partial charge in [-0.15, -0.1) is 0 Å². The third-order valence-corrected chi connectivity index (χ3v) is 2.17. The number of nitrogens with two attached hydrogens (primary N) is 1. The molecule has 0 radical (unpaired) electrons. The molecule has 1 atom stereocenters. The molecule has 10 heteroatoms. The zero-order valence-electron chi connectivity index (χ0n) is 8.86. The second-order valence-electron chi connectivity index (χ2n) is 3.50. The first-order valence-corrected chi connectivity index (χ1v) is 4.83. The number of aliphatic hydroxyl groups is 1. The predicted octanol–water partition coefficient (Wildman–Crippen LogP) is 0.270. The summed E-state index contributed by atoms with van der Waals surface area (Å²) in [6.45, 7) is -0.736. The fraction of sp³-hybridized carbons (Fsp3) is 0.375. The molecule has 2 aromatic heterocycles. The topological polar surface area (TPSA) is 113 Å². The van der Waals surface area contributed by atoms with E-state index in [4.69, 9.17) is 10.8 Å². The molecular weight excluding hydrogens is 253 g/mol. The van der Waals surface area contributed by atoms with Gasteiger partial charge in [0.1, 0.15) is 5.82 Å². The number of alkyl halides is 3. The van der Waals surface area contributed by atoms with Gasteiger partial charge in [-0.2, -0.15) is 28.2 Å². The van der Waals surface area contributed by atoms with Gasteiger partial charge in [0.25, 0.3) is 0 Å². The molecule has 0 saturated carbocycles. The van der Waals surface area contributed by atoms with Crippen LogP contribution in [0.4, 0.5) is 24.9 Å². The highest BCUT2D eigenvalue weighted by Crippen LogP contribution is 2.22. The molecule has 0 aromatic carbocycles. The Hall–Kier alpha value is -2.10. The van der Waals surface area contributed by atoms with Crippen LogP contribution in [0.15, 0.2) is 6.20 Å². The first-order chi connectivity index (χ1) is 8.38. The average Bonchev–Trinajstić information content (AvgIpc) is 2.71. The largest absolute Gasteiger partial charge is 0.416 e. The molecule has 2 heterocycles. The van der Waals surface area contributed by atoms with E-state index in [0.29, 0.717) is 11.0 Å². The lowest BCUT2D eigenvalue weighted by Crippen LogP contribution is -2.35. The molecule has 0 fully saturated rings. The number of nitrogens with one attached hydrogen (secondary N) is 2. The number of aliphatic hydroxyl groups excluding tert-OH is 1. The summed E-state index contributed by atoms with van der Waals surface area (Å²) in [6, 6.07) is 0. The molecule has 5 N–H and O–H groups in total. The molecule has 0 aliphatic rings. The van der Waals surface area contributed by atoms with Crippen molar-refractivity contribution in [3.05, 3.63) is 6.20 Å². The predicted molar refractivity (Wildman–Crippen MR) is 56.6 cm³/mol. The lowest BCUT2D eigenvalue weighted by molar-refractivity contribution is -0.198. The molecule has 0 aliphatic carbocycles. The number of aromatic amines is 1. The Kier molecular flexibility index (Phi) is 2.95. The van der Waals surface area contributed by atoms with E-state index in [1.54, 1.807) is 0 Å². The molecular formula is C8H9F3N6O. The number of anilines is 2. The van der Waals surface area contributed by atoms with Crippen molar-refractivity contribution < 1.29 is 18.3 Å². The van der Waals surface area contributed by atoms with Crippen LogP contribution < -0.4 is 11.1 Å². The molecule has 0 saturated heterocycles. The maximum absolute atomic E-state index is 12.1. The number of H-pyrrole nitrogens is 1. The van der Waals surface area contributed by atoms with Gasteiger partial charge >= 0.3 is 6.18 Å². The van der Waals surface area contributed by atoms with Crippen molar-refractivity contribution in [3.63, 3.8) is 0 Å². The van der Waals surface area contributed by atoms with Crippen LogP contribution in [0.2, 0.25) is 0 Å². The van der Waals surface area contributed by atoms with Crippen LogP contribution in [-0.2, 0) is 0 Å². The maximum atomic E-state index is 12.1. The number of rotatable bonds is 3. The first-order valence-electron chi connectivity index (χ1n) is 4.83. The van der Waals surface area contributed by atoms with Gasteiger partial charge in [-0.05, 0) is 0 Å². The maximum Gasteiger partial charge on any atom is 0.416 e. The lowest BCUT2D eigenvalue weighted by atomic mass is 10.3. The van der Waals surface area contributed by atoms with Crippen LogP contribution in [0.3, 0.4) is 0 Å². The fourth-order valence-corrected chi connectivity index (χ4v) is 1.30. The van der Waals surface area contributed by atoms with Gasteiger partial charge in [0.2, 0.25) is 5.95 Å². The molecule has 7 nitrogen and oxygen atoms in total. The first kappa shape index (κ1) is 12.4. The standard InChI is InChI=1S/C8H9F3N6O/c9-8(10,11)4(18)2-13-5-3-1-14-17-6(3)16-7(12)15-5/h1,4,18H,2H2,(H4,12,13,14,15,16,17). The molecule has 0 aliphatic heterocycles. The van der Waals surface area contributed by atoms with Crippen molar-refractivity contribution in [2.24, 2.45) is 0 Å². The number of halogens is 3. The van der Waals surface area contributed by atoms with Crippen LogP contribution >= 0.6 is 0 Å². The van der Waals surface area contributed by atoms with E-state index in [1.165, 1.54) is 6.20 Å². The molecule has 18 heavy (non-hydrogen) atoms. The minimum absolute atomic E-state index is 0.0783. The highest BCUT2D eigenvalue weighted by Gasteiger charge is 2.38. The lowest BCUT2D eigenvalue weighted by Gasteiger charge is -2.15. The number of fused-ring (bicyclic) bond motifs is 1. The van der Waals surface area contributed by atoms with E-state index >= 15 is 0 Å². The quantitative estimate of drug-likeness (QED) is 0.631. The Morgan fingerprint density at radius 2 is 2.17 bits per heavy atom.